The monoisotopic (exact) mass is 326 g/mol. The van der Waals surface area contributed by atoms with Gasteiger partial charge in [0, 0.05) is 29.1 Å². The molecule has 2 unspecified atom stereocenters. The average molecular weight is 326 g/mol. The van der Waals surface area contributed by atoms with Crippen LogP contribution in [0.3, 0.4) is 0 Å². The summed E-state index contributed by atoms with van der Waals surface area (Å²) in [6.07, 6.45) is 3.73. The third-order valence-corrected chi connectivity index (χ3v) is 4.66. The van der Waals surface area contributed by atoms with Gasteiger partial charge in [-0.25, -0.2) is 9.97 Å². The van der Waals surface area contributed by atoms with Crippen LogP contribution in [0.2, 0.25) is 0 Å². The first-order chi connectivity index (χ1) is 11.7. The van der Waals surface area contributed by atoms with Gasteiger partial charge in [-0.15, -0.1) is 0 Å². The molecule has 4 rings (SSSR count). The lowest BCUT2D eigenvalue weighted by atomic mass is 9.96. The SMILES string of the molecule is Cc1cccc(OC2COC2c2ccc(OC3CCC3)nc2C)n1. The molecule has 2 aliphatic rings. The lowest BCUT2D eigenvalue weighted by Crippen LogP contribution is -2.42. The van der Waals surface area contributed by atoms with Crippen molar-refractivity contribution < 1.29 is 14.2 Å². The Morgan fingerprint density at radius 3 is 2.46 bits per heavy atom. The van der Waals surface area contributed by atoms with E-state index in [2.05, 4.69) is 9.97 Å². The van der Waals surface area contributed by atoms with Crippen molar-refractivity contribution in [3.8, 4) is 11.8 Å². The molecule has 1 saturated carbocycles. The smallest absolute Gasteiger partial charge is 0.213 e. The fourth-order valence-corrected chi connectivity index (χ4v) is 2.97. The van der Waals surface area contributed by atoms with Crippen molar-refractivity contribution in [2.45, 2.75) is 51.4 Å². The normalized spacial score (nSPS) is 23.2. The van der Waals surface area contributed by atoms with Crippen LogP contribution in [0.4, 0.5) is 0 Å². The molecule has 2 atom stereocenters. The van der Waals surface area contributed by atoms with Gasteiger partial charge in [-0.2, -0.15) is 0 Å². The zero-order valence-electron chi connectivity index (χ0n) is 14.1. The summed E-state index contributed by atoms with van der Waals surface area (Å²) in [6.45, 7) is 4.52. The van der Waals surface area contributed by atoms with Gasteiger partial charge in [-0.05, 0) is 45.2 Å². The standard InChI is InChI=1S/C19H22N2O3/c1-12-5-3-8-17(20-12)24-16-11-22-19(16)15-9-10-18(21-13(15)2)23-14-6-4-7-14/h3,5,8-10,14,16,19H,4,6-7,11H2,1-2H3. The molecule has 5 heteroatoms. The highest BCUT2D eigenvalue weighted by Gasteiger charge is 2.37. The third kappa shape index (κ3) is 3.08. The van der Waals surface area contributed by atoms with E-state index in [0.717, 1.165) is 29.8 Å². The van der Waals surface area contributed by atoms with Crippen molar-refractivity contribution >= 4 is 0 Å². The second kappa shape index (κ2) is 6.40. The van der Waals surface area contributed by atoms with Crippen LogP contribution in [0, 0.1) is 13.8 Å². The Morgan fingerprint density at radius 1 is 1.00 bits per heavy atom. The van der Waals surface area contributed by atoms with Gasteiger partial charge >= 0.3 is 0 Å². The van der Waals surface area contributed by atoms with Gasteiger partial charge in [-0.1, -0.05) is 6.07 Å². The van der Waals surface area contributed by atoms with Crippen LogP contribution in [-0.4, -0.2) is 28.8 Å². The topological polar surface area (TPSA) is 53.5 Å². The Hall–Kier alpha value is -2.14. The largest absolute Gasteiger partial charge is 0.474 e. The molecule has 2 aromatic heterocycles. The molecular formula is C19H22N2O3. The molecule has 5 nitrogen and oxygen atoms in total. The Bertz CT molecular complexity index is 730. The second-order valence-electron chi connectivity index (χ2n) is 6.52. The zero-order chi connectivity index (χ0) is 16.5. The van der Waals surface area contributed by atoms with E-state index in [9.17, 15) is 0 Å². The second-order valence-corrected chi connectivity index (χ2v) is 6.52. The molecule has 0 amide bonds. The summed E-state index contributed by atoms with van der Waals surface area (Å²) < 4.78 is 17.6. The van der Waals surface area contributed by atoms with Crippen LogP contribution >= 0.6 is 0 Å². The maximum absolute atomic E-state index is 5.98. The number of aryl methyl sites for hydroxylation is 2. The highest BCUT2D eigenvalue weighted by Crippen LogP contribution is 2.35. The van der Waals surface area contributed by atoms with Gasteiger partial charge in [0.15, 0.2) is 6.10 Å². The third-order valence-electron chi connectivity index (χ3n) is 4.66. The minimum atomic E-state index is -0.0995. The molecule has 0 radical (unpaired) electrons. The highest BCUT2D eigenvalue weighted by atomic mass is 16.6. The number of rotatable bonds is 5. The maximum Gasteiger partial charge on any atom is 0.213 e. The summed E-state index contributed by atoms with van der Waals surface area (Å²) in [5, 5.41) is 0. The average Bonchev–Trinajstić information content (AvgIpc) is 2.50. The number of nitrogens with zero attached hydrogens (tertiary/aromatic N) is 2. The van der Waals surface area contributed by atoms with E-state index in [-0.39, 0.29) is 12.2 Å². The molecule has 3 heterocycles. The summed E-state index contributed by atoms with van der Waals surface area (Å²) in [5.41, 5.74) is 2.93. The molecule has 1 aliphatic heterocycles. The fraction of sp³-hybridized carbons (Fsp3) is 0.474. The van der Waals surface area contributed by atoms with Crippen molar-refractivity contribution in [1.29, 1.82) is 0 Å². The molecule has 0 aromatic carbocycles. The van der Waals surface area contributed by atoms with Gasteiger partial charge in [0.1, 0.15) is 12.2 Å². The molecule has 24 heavy (non-hydrogen) atoms. The lowest BCUT2D eigenvalue weighted by molar-refractivity contribution is -0.154. The van der Waals surface area contributed by atoms with Crippen molar-refractivity contribution in [2.24, 2.45) is 0 Å². The Labute approximate surface area is 142 Å². The number of ether oxygens (including phenoxy) is 3. The van der Waals surface area contributed by atoms with E-state index in [1.54, 1.807) is 0 Å². The van der Waals surface area contributed by atoms with Crippen molar-refractivity contribution in [1.82, 2.24) is 9.97 Å². The van der Waals surface area contributed by atoms with Crippen LogP contribution in [0.15, 0.2) is 30.3 Å². The van der Waals surface area contributed by atoms with E-state index in [4.69, 9.17) is 14.2 Å². The van der Waals surface area contributed by atoms with Gasteiger partial charge in [0.05, 0.1) is 6.61 Å². The molecule has 1 aliphatic carbocycles. The molecular weight excluding hydrogens is 304 g/mol. The maximum atomic E-state index is 5.98. The van der Waals surface area contributed by atoms with E-state index in [1.807, 2.05) is 44.2 Å². The Balaban J connectivity index is 1.45. The van der Waals surface area contributed by atoms with E-state index < -0.39 is 0 Å². The van der Waals surface area contributed by atoms with E-state index >= 15 is 0 Å². The molecule has 1 saturated heterocycles. The molecule has 0 N–H and O–H groups in total. The van der Waals surface area contributed by atoms with Crippen molar-refractivity contribution in [3.05, 3.63) is 47.3 Å². The molecule has 0 spiro atoms. The molecule has 2 fully saturated rings. The van der Waals surface area contributed by atoms with Gasteiger partial charge < -0.3 is 14.2 Å². The first-order valence-corrected chi connectivity index (χ1v) is 8.55. The Kier molecular flexibility index (Phi) is 4.10. The lowest BCUT2D eigenvalue weighted by Gasteiger charge is -2.37. The quantitative estimate of drug-likeness (QED) is 0.841. The predicted octanol–water partition coefficient (Wildman–Crippen LogP) is 3.54. The molecule has 2 aromatic rings. The molecule has 126 valence electrons. The van der Waals surface area contributed by atoms with E-state index in [1.165, 1.54) is 6.42 Å². The van der Waals surface area contributed by atoms with Crippen LogP contribution in [0.1, 0.15) is 42.3 Å². The summed E-state index contributed by atoms with van der Waals surface area (Å²) in [6, 6.07) is 9.76. The fourth-order valence-electron chi connectivity index (χ4n) is 2.97. The van der Waals surface area contributed by atoms with Gasteiger partial charge in [0.2, 0.25) is 11.8 Å². The first-order valence-electron chi connectivity index (χ1n) is 8.55. The van der Waals surface area contributed by atoms with Gasteiger partial charge in [-0.3, -0.25) is 0 Å². The summed E-state index contributed by atoms with van der Waals surface area (Å²) >= 11 is 0. The van der Waals surface area contributed by atoms with Crippen LogP contribution in [0.5, 0.6) is 11.8 Å². The minimum Gasteiger partial charge on any atom is -0.474 e. The molecule has 0 bridgehead atoms. The Morgan fingerprint density at radius 2 is 1.83 bits per heavy atom. The van der Waals surface area contributed by atoms with Crippen LogP contribution in [0.25, 0.3) is 0 Å². The van der Waals surface area contributed by atoms with Crippen molar-refractivity contribution in [2.75, 3.05) is 6.61 Å². The first kappa shape index (κ1) is 15.4. The summed E-state index contributed by atoms with van der Waals surface area (Å²) in [5.74, 6) is 1.35. The summed E-state index contributed by atoms with van der Waals surface area (Å²) in [7, 11) is 0. The number of aromatic nitrogens is 2. The minimum absolute atomic E-state index is 0.0294. The predicted molar refractivity (Wildman–Crippen MR) is 89.3 cm³/mol. The summed E-state index contributed by atoms with van der Waals surface area (Å²) in [4.78, 5) is 8.97. The van der Waals surface area contributed by atoms with Gasteiger partial charge in [0.25, 0.3) is 0 Å². The highest BCUT2D eigenvalue weighted by molar-refractivity contribution is 5.29. The zero-order valence-corrected chi connectivity index (χ0v) is 14.1. The number of hydrogen-bond donors (Lipinski definition) is 0. The van der Waals surface area contributed by atoms with Crippen LogP contribution < -0.4 is 9.47 Å². The van der Waals surface area contributed by atoms with E-state index in [0.29, 0.717) is 24.5 Å². The van der Waals surface area contributed by atoms with Crippen LogP contribution in [-0.2, 0) is 4.74 Å². The number of pyridine rings is 2. The number of hydrogen-bond acceptors (Lipinski definition) is 5. The van der Waals surface area contributed by atoms with Crippen molar-refractivity contribution in [3.63, 3.8) is 0 Å².